The van der Waals surface area contributed by atoms with Crippen LogP contribution in [0.4, 0.5) is 5.82 Å². The highest BCUT2D eigenvalue weighted by Crippen LogP contribution is 2.08. The monoisotopic (exact) mass is 210 g/mol. The van der Waals surface area contributed by atoms with E-state index < -0.39 is 0 Å². The molecule has 5 nitrogen and oxygen atoms in total. The Hall–Kier alpha value is -1.36. The molecular weight excluding hydrogens is 192 g/mol. The zero-order valence-corrected chi connectivity index (χ0v) is 9.50. The fourth-order valence-electron chi connectivity index (χ4n) is 1.36. The highest BCUT2D eigenvalue weighted by molar-refractivity contribution is 5.89. The van der Waals surface area contributed by atoms with Gasteiger partial charge in [0.1, 0.15) is 5.82 Å². The number of aromatic nitrogens is 2. The van der Waals surface area contributed by atoms with Crippen LogP contribution in [0.2, 0.25) is 0 Å². The molecule has 1 rings (SSSR count). The average molecular weight is 210 g/mol. The molecule has 0 saturated carbocycles. The van der Waals surface area contributed by atoms with Gasteiger partial charge in [-0.25, -0.2) is 0 Å². The standard InChI is InChI=1S/C10H18N4O/c1-8-7-9(14(3)13-8)12-10(15)5-4-6-11-2/h7,11H,4-6H2,1-3H3,(H,12,15). The third kappa shape index (κ3) is 3.71. The number of nitrogens with zero attached hydrogens (tertiary/aromatic N) is 2. The van der Waals surface area contributed by atoms with Gasteiger partial charge in [-0.15, -0.1) is 0 Å². The molecule has 84 valence electrons. The molecule has 0 atom stereocenters. The summed E-state index contributed by atoms with van der Waals surface area (Å²) < 4.78 is 1.67. The lowest BCUT2D eigenvalue weighted by Crippen LogP contribution is -2.16. The van der Waals surface area contributed by atoms with Gasteiger partial charge in [-0.2, -0.15) is 5.10 Å². The molecule has 5 heteroatoms. The Kier molecular flexibility index (Phi) is 4.30. The number of carbonyl (C=O) groups excluding carboxylic acids is 1. The topological polar surface area (TPSA) is 59.0 Å². The van der Waals surface area contributed by atoms with E-state index in [0.29, 0.717) is 6.42 Å². The first kappa shape index (κ1) is 11.7. The molecule has 2 N–H and O–H groups in total. The van der Waals surface area contributed by atoms with Crippen molar-refractivity contribution < 1.29 is 4.79 Å². The van der Waals surface area contributed by atoms with Crippen LogP contribution in [0, 0.1) is 6.92 Å². The first-order chi connectivity index (χ1) is 7.13. The van der Waals surface area contributed by atoms with Gasteiger partial charge in [-0.3, -0.25) is 9.48 Å². The van der Waals surface area contributed by atoms with E-state index in [0.717, 1.165) is 24.5 Å². The van der Waals surface area contributed by atoms with Crippen LogP contribution in [0.5, 0.6) is 0 Å². The van der Waals surface area contributed by atoms with Crippen molar-refractivity contribution in [2.24, 2.45) is 7.05 Å². The maximum absolute atomic E-state index is 11.5. The third-order valence-corrected chi connectivity index (χ3v) is 2.10. The van der Waals surface area contributed by atoms with Crippen molar-refractivity contribution in [1.29, 1.82) is 0 Å². The SMILES string of the molecule is CNCCCC(=O)Nc1cc(C)nn1C. The summed E-state index contributed by atoms with van der Waals surface area (Å²) >= 11 is 0. The van der Waals surface area contributed by atoms with Crippen LogP contribution >= 0.6 is 0 Å². The molecule has 0 fully saturated rings. The molecule has 0 radical (unpaired) electrons. The second-order valence-corrected chi connectivity index (χ2v) is 3.55. The Labute approximate surface area is 89.9 Å². The predicted molar refractivity (Wildman–Crippen MR) is 59.7 cm³/mol. The van der Waals surface area contributed by atoms with Crippen molar-refractivity contribution in [3.63, 3.8) is 0 Å². The summed E-state index contributed by atoms with van der Waals surface area (Å²) in [6.07, 6.45) is 1.38. The first-order valence-corrected chi connectivity index (χ1v) is 5.08. The van der Waals surface area contributed by atoms with E-state index in [1.807, 2.05) is 27.1 Å². The van der Waals surface area contributed by atoms with E-state index >= 15 is 0 Å². The van der Waals surface area contributed by atoms with Crippen LogP contribution in [0.25, 0.3) is 0 Å². The van der Waals surface area contributed by atoms with Gasteiger partial charge in [0.15, 0.2) is 0 Å². The number of hydrogen-bond donors (Lipinski definition) is 2. The molecule has 1 aromatic rings. The first-order valence-electron chi connectivity index (χ1n) is 5.08. The lowest BCUT2D eigenvalue weighted by Gasteiger charge is -2.04. The average Bonchev–Trinajstić information content (AvgIpc) is 2.45. The fraction of sp³-hybridized carbons (Fsp3) is 0.600. The van der Waals surface area contributed by atoms with Crippen molar-refractivity contribution >= 4 is 11.7 Å². The summed E-state index contributed by atoms with van der Waals surface area (Å²) in [4.78, 5) is 11.5. The zero-order valence-electron chi connectivity index (χ0n) is 9.50. The number of rotatable bonds is 5. The summed E-state index contributed by atoms with van der Waals surface area (Å²) in [7, 11) is 3.69. The molecule has 0 saturated heterocycles. The maximum Gasteiger partial charge on any atom is 0.225 e. The Morgan fingerprint density at radius 2 is 2.33 bits per heavy atom. The summed E-state index contributed by atoms with van der Waals surface area (Å²) in [5.74, 6) is 0.787. The molecule has 0 aliphatic heterocycles. The van der Waals surface area contributed by atoms with Crippen molar-refractivity contribution in [2.45, 2.75) is 19.8 Å². The molecule has 0 bridgehead atoms. The minimum absolute atomic E-state index is 0.0354. The molecule has 0 unspecified atom stereocenters. The smallest absolute Gasteiger partial charge is 0.225 e. The van der Waals surface area contributed by atoms with Gasteiger partial charge in [0.25, 0.3) is 0 Å². The van der Waals surface area contributed by atoms with Crippen LogP contribution < -0.4 is 10.6 Å². The highest BCUT2D eigenvalue weighted by Gasteiger charge is 2.06. The van der Waals surface area contributed by atoms with Gasteiger partial charge in [-0.05, 0) is 26.9 Å². The zero-order chi connectivity index (χ0) is 11.3. The largest absolute Gasteiger partial charge is 0.320 e. The number of nitrogens with one attached hydrogen (secondary N) is 2. The van der Waals surface area contributed by atoms with E-state index in [2.05, 4.69) is 15.7 Å². The van der Waals surface area contributed by atoms with Gasteiger partial charge in [0.05, 0.1) is 5.69 Å². The second kappa shape index (κ2) is 5.50. The fourth-order valence-corrected chi connectivity index (χ4v) is 1.36. The van der Waals surface area contributed by atoms with Crippen molar-refractivity contribution in [3.05, 3.63) is 11.8 Å². The Balaban J connectivity index is 2.41. The summed E-state index contributed by atoms with van der Waals surface area (Å²) in [6, 6.07) is 1.86. The van der Waals surface area contributed by atoms with Gasteiger partial charge < -0.3 is 10.6 Å². The molecule has 0 aromatic carbocycles. The highest BCUT2D eigenvalue weighted by atomic mass is 16.1. The number of carbonyl (C=O) groups is 1. The minimum Gasteiger partial charge on any atom is -0.320 e. The number of anilines is 1. The van der Waals surface area contributed by atoms with E-state index in [4.69, 9.17) is 0 Å². The van der Waals surface area contributed by atoms with Gasteiger partial charge in [-0.1, -0.05) is 0 Å². The summed E-state index contributed by atoms with van der Waals surface area (Å²) in [5, 5.41) is 9.98. The number of hydrogen-bond acceptors (Lipinski definition) is 3. The third-order valence-electron chi connectivity index (χ3n) is 2.10. The van der Waals surface area contributed by atoms with Crippen LogP contribution in [0.1, 0.15) is 18.5 Å². The molecule has 1 aromatic heterocycles. The molecule has 1 heterocycles. The van der Waals surface area contributed by atoms with E-state index in [1.54, 1.807) is 4.68 Å². The minimum atomic E-state index is 0.0354. The normalized spacial score (nSPS) is 10.3. The van der Waals surface area contributed by atoms with Crippen molar-refractivity contribution in [2.75, 3.05) is 18.9 Å². The van der Waals surface area contributed by atoms with Crippen LogP contribution in [0.3, 0.4) is 0 Å². The van der Waals surface area contributed by atoms with Crippen LogP contribution in [0.15, 0.2) is 6.07 Å². The van der Waals surface area contributed by atoms with Gasteiger partial charge in [0, 0.05) is 19.5 Å². The Morgan fingerprint density at radius 3 is 2.87 bits per heavy atom. The van der Waals surface area contributed by atoms with E-state index in [9.17, 15) is 4.79 Å². The summed E-state index contributed by atoms with van der Waals surface area (Å²) in [5.41, 5.74) is 0.906. The molecule has 0 spiro atoms. The second-order valence-electron chi connectivity index (χ2n) is 3.55. The predicted octanol–water partition coefficient (Wildman–Crippen LogP) is 0.667. The summed E-state index contributed by atoms with van der Waals surface area (Å²) in [6.45, 7) is 2.76. The Bertz CT molecular complexity index is 332. The lowest BCUT2D eigenvalue weighted by molar-refractivity contribution is -0.116. The molecule has 15 heavy (non-hydrogen) atoms. The molecule has 1 amide bonds. The van der Waals surface area contributed by atoms with Crippen molar-refractivity contribution in [1.82, 2.24) is 15.1 Å². The quantitative estimate of drug-likeness (QED) is 0.702. The van der Waals surface area contributed by atoms with E-state index in [-0.39, 0.29) is 5.91 Å². The van der Waals surface area contributed by atoms with Crippen molar-refractivity contribution in [3.8, 4) is 0 Å². The molecule has 0 aliphatic rings. The van der Waals surface area contributed by atoms with Gasteiger partial charge >= 0.3 is 0 Å². The maximum atomic E-state index is 11.5. The van der Waals surface area contributed by atoms with E-state index in [1.165, 1.54) is 0 Å². The van der Waals surface area contributed by atoms with Crippen LogP contribution in [-0.4, -0.2) is 29.3 Å². The molecule has 0 aliphatic carbocycles. The van der Waals surface area contributed by atoms with Gasteiger partial charge in [0.2, 0.25) is 5.91 Å². The number of aryl methyl sites for hydroxylation is 2. The van der Waals surface area contributed by atoms with Crippen LogP contribution in [-0.2, 0) is 11.8 Å². The Morgan fingerprint density at radius 1 is 1.60 bits per heavy atom. The number of amides is 1. The lowest BCUT2D eigenvalue weighted by atomic mass is 10.3. The molecular formula is C10H18N4O.